The van der Waals surface area contributed by atoms with Gasteiger partial charge in [-0.25, -0.2) is 15.0 Å². The minimum absolute atomic E-state index is 0.0201. The lowest BCUT2D eigenvalue weighted by Gasteiger charge is -2.07. The highest BCUT2D eigenvalue weighted by Crippen LogP contribution is 2.32. The molecule has 162 valence electrons. The van der Waals surface area contributed by atoms with Crippen LogP contribution in [0.3, 0.4) is 0 Å². The fourth-order valence-corrected chi connectivity index (χ4v) is 3.43. The summed E-state index contributed by atoms with van der Waals surface area (Å²) in [5.74, 6) is -0.811. The summed E-state index contributed by atoms with van der Waals surface area (Å²) < 4.78 is 6.57. The average Bonchev–Trinajstić information content (AvgIpc) is 3.33. The smallest absolute Gasteiger partial charge is 0.312 e. The van der Waals surface area contributed by atoms with E-state index in [1.807, 2.05) is 0 Å². The number of hydrogen-bond donors (Lipinski definition) is 3. The Morgan fingerprint density at radius 1 is 1.38 bits per heavy atom. The van der Waals surface area contributed by atoms with E-state index in [0.29, 0.717) is 15.5 Å². The van der Waals surface area contributed by atoms with Gasteiger partial charge in [-0.2, -0.15) is 5.10 Å². The Balaban J connectivity index is 1.58. The van der Waals surface area contributed by atoms with Crippen LogP contribution in [0.1, 0.15) is 5.56 Å². The molecule has 1 amide bonds. The van der Waals surface area contributed by atoms with Crippen molar-refractivity contribution in [2.45, 2.75) is 6.54 Å². The Morgan fingerprint density at radius 2 is 2.16 bits per heavy atom. The SMILES string of the molecule is Nc1nonc1-c1nc2ccccc2n1CC(=O)NN=Cc1cc(Br)cc([N+](=O)[O-])c1O. The summed E-state index contributed by atoms with van der Waals surface area (Å²) in [7, 11) is 0. The van der Waals surface area contributed by atoms with Crippen LogP contribution in [0.2, 0.25) is 0 Å². The van der Waals surface area contributed by atoms with Crippen LogP contribution < -0.4 is 11.2 Å². The van der Waals surface area contributed by atoms with Gasteiger partial charge in [0.2, 0.25) is 5.75 Å². The summed E-state index contributed by atoms with van der Waals surface area (Å²) in [6.45, 7) is -0.204. The molecule has 4 aromatic rings. The van der Waals surface area contributed by atoms with Gasteiger partial charge in [-0.05, 0) is 28.5 Å². The normalized spacial score (nSPS) is 11.3. The number of nitro benzene ring substituents is 1. The fourth-order valence-electron chi connectivity index (χ4n) is 2.96. The number of phenols is 1. The van der Waals surface area contributed by atoms with E-state index in [4.69, 9.17) is 5.73 Å². The molecule has 0 spiro atoms. The Kier molecular flexibility index (Phi) is 5.51. The summed E-state index contributed by atoms with van der Waals surface area (Å²) >= 11 is 3.13. The van der Waals surface area contributed by atoms with Crippen molar-refractivity contribution in [2.24, 2.45) is 5.10 Å². The third kappa shape index (κ3) is 3.98. The zero-order valence-corrected chi connectivity index (χ0v) is 17.6. The van der Waals surface area contributed by atoms with Crippen molar-refractivity contribution in [3.63, 3.8) is 0 Å². The monoisotopic (exact) mass is 500 g/mol. The van der Waals surface area contributed by atoms with Crippen LogP contribution >= 0.6 is 15.9 Å². The number of hydrazone groups is 1. The maximum Gasteiger partial charge on any atom is 0.312 e. The number of nitrogen functional groups attached to an aromatic ring is 1. The first-order valence-electron chi connectivity index (χ1n) is 8.87. The number of carbonyl (C=O) groups excluding carboxylic acids is 1. The zero-order chi connectivity index (χ0) is 22.8. The van der Waals surface area contributed by atoms with Crippen molar-refractivity contribution >= 4 is 50.6 Å². The highest BCUT2D eigenvalue weighted by Gasteiger charge is 2.21. The number of fused-ring (bicyclic) bond motifs is 1. The first-order valence-corrected chi connectivity index (χ1v) is 9.67. The predicted octanol–water partition coefficient (Wildman–Crippen LogP) is 2.20. The van der Waals surface area contributed by atoms with Crippen molar-refractivity contribution in [3.05, 3.63) is 56.5 Å². The first kappa shape index (κ1) is 20.9. The predicted molar refractivity (Wildman–Crippen MR) is 116 cm³/mol. The molecule has 0 bridgehead atoms. The Morgan fingerprint density at radius 3 is 2.88 bits per heavy atom. The molecule has 14 heteroatoms. The van der Waals surface area contributed by atoms with Crippen LogP contribution in [-0.2, 0) is 11.3 Å². The Labute approximate surface area is 186 Å². The van der Waals surface area contributed by atoms with Crippen LogP contribution in [0.5, 0.6) is 5.75 Å². The minimum atomic E-state index is -0.730. The number of phenolic OH excluding ortho intramolecular Hbond substituents is 1. The largest absolute Gasteiger partial charge is 0.502 e. The number of nitrogens with zero attached hydrogens (tertiary/aromatic N) is 6. The molecular weight excluding hydrogens is 488 g/mol. The number of imidazole rings is 1. The van der Waals surface area contributed by atoms with Gasteiger partial charge in [0, 0.05) is 16.1 Å². The number of para-hydroxylation sites is 2. The second-order valence-corrected chi connectivity index (χ2v) is 7.34. The van der Waals surface area contributed by atoms with Crippen molar-refractivity contribution in [2.75, 3.05) is 5.73 Å². The van der Waals surface area contributed by atoms with Gasteiger partial charge in [0.05, 0.1) is 22.2 Å². The molecule has 0 aliphatic carbocycles. The summed E-state index contributed by atoms with van der Waals surface area (Å²) in [4.78, 5) is 27.3. The molecule has 32 heavy (non-hydrogen) atoms. The van der Waals surface area contributed by atoms with Crippen LogP contribution in [-0.4, -0.2) is 42.0 Å². The molecular formula is C18H13BrN8O5. The molecule has 2 heterocycles. The number of benzene rings is 2. The van der Waals surface area contributed by atoms with Gasteiger partial charge in [0.25, 0.3) is 5.91 Å². The van der Waals surface area contributed by atoms with Gasteiger partial charge in [0.15, 0.2) is 17.3 Å². The lowest BCUT2D eigenvalue weighted by molar-refractivity contribution is -0.385. The number of aromatic hydroxyl groups is 1. The van der Waals surface area contributed by atoms with Gasteiger partial charge in [-0.3, -0.25) is 14.9 Å². The van der Waals surface area contributed by atoms with Crippen molar-refractivity contribution < 1.29 is 19.5 Å². The number of nitro groups is 1. The number of halogens is 1. The highest BCUT2D eigenvalue weighted by molar-refractivity contribution is 9.10. The first-order chi connectivity index (χ1) is 15.3. The molecule has 0 atom stereocenters. The van der Waals surface area contributed by atoms with E-state index in [1.54, 1.807) is 28.8 Å². The molecule has 2 aromatic heterocycles. The van der Waals surface area contributed by atoms with E-state index in [0.717, 1.165) is 12.3 Å². The van der Waals surface area contributed by atoms with Gasteiger partial charge < -0.3 is 15.4 Å². The standard InChI is InChI=1S/C18H13BrN8O5/c19-10-5-9(16(29)13(6-10)27(30)31)7-21-23-14(28)8-26-12-4-2-1-3-11(12)22-18(26)15-17(20)25-32-24-15/h1-7,29H,8H2,(H2,20,25)(H,23,28). The second-order valence-electron chi connectivity index (χ2n) is 6.42. The molecule has 0 radical (unpaired) electrons. The average molecular weight is 501 g/mol. The van der Waals surface area contributed by atoms with Crippen LogP contribution in [0.4, 0.5) is 11.5 Å². The summed E-state index contributed by atoms with van der Waals surface area (Å²) in [6, 6.07) is 9.68. The summed E-state index contributed by atoms with van der Waals surface area (Å²) in [6.07, 6.45) is 1.09. The lowest BCUT2D eigenvalue weighted by Crippen LogP contribution is -2.23. The third-order valence-electron chi connectivity index (χ3n) is 4.36. The molecule has 2 aromatic carbocycles. The highest BCUT2D eigenvalue weighted by atomic mass is 79.9. The Bertz CT molecular complexity index is 1380. The maximum absolute atomic E-state index is 12.5. The van der Waals surface area contributed by atoms with E-state index < -0.39 is 22.3 Å². The molecule has 0 saturated carbocycles. The van der Waals surface area contributed by atoms with Gasteiger partial charge in [-0.1, -0.05) is 28.1 Å². The number of nitrogens with two attached hydrogens (primary N) is 1. The van der Waals surface area contributed by atoms with Crippen molar-refractivity contribution in [1.82, 2.24) is 25.3 Å². The van der Waals surface area contributed by atoms with E-state index in [2.05, 4.69) is 46.4 Å². The zero-order valence-electron chi connectivity index (χ0n) is 16.0. The number of aromatic nitrogens is 4. The minimum Gasteiger partial charge on any atom is -0.502 e. The summed E-state index contributed by atoms with van der Waals surface area (Å²) in [5, 5.41) is 32.1. The summed E-state index contributed by atoms with van der Waals surface area (Å²) in [5.41, 5.74) is 9.06. The van der Waals surface area contributed by atoms with Crippen LogP contribution in [0, 0.1) is 10.1 Å². The van der Waals surface area contributed by atoms with Gasteiger partial charge >= 0.3 is 5.69 Å². The number of amides is 1. The quantitative estimate of drug-likeness (QED) is 0.202. The second kappa shape index (κ2) is 8.43. The number of carbonyl (C=O) groups is 1. The molecule has 0 unspecified atom stereocenters. The number of nitrogens with one attached hydrogen (secondary N) is 1. The van der Waals surface area contributed by atoms with E-state index in [-0.39, 0.29) is 29.4 Å². The number of hydrogen-bond acceptors (Lipinski definition) is 10. The maximum atomic E-state index is 12.5. The van der Waals surface area contributed by atoms with Crippen molar-refractivity contribution in [1.29, 1.82) is 0 Å². The third-order valence-corrected chi connectivity index (χ3v) is 4.81. The van der Waals surface area contributed by atoms with E-state index >= 15 is 0 Å². The Hall–Kier alpha value is -4.33. The lowest BCUT2D eigenvalue weighted by atomic mass is 10.2. The van der Waals surface area contributed by atoms with E-state index in [9.17, 15) is 20.0 Å². The topological polar surface area (TPSA) is 188 Å². The van der Waals surface area contributed by atoms with E-state index in [1.165, 1.54) is 6.07 Å². The molecule has 0 saturated heterocycles. The molecule has 0 fully saturated rings. The molecule has 0 aliphatic heterocycles. The molecule has 0 aliphatic rings. The molecule has 4 rings (SSSR count). The van der Waals surface area contributed by atoms with Gasteiger partial charge in [0.1, 0.15) is 6.54 Å². The molecule has 13 nitrogen and oxygen atoms in total. The van der Waals surface area contributed by atoms with Crippen LogP contribution in [0.25, 0.3) is 22.6 Å². The number of anilines is 1. The molecule has 4 N–H and O–H groups in total. The fraction of sp³-hybridized carbons (Fsp3) is 0.0556. The van der Waals surface area contributed by atoms with Gasteiger partial charge in [-0.15, -0.1) is 0 Å². The number of rotatable bonds is 6. The van der Waals surface area contributed by atoms with Crippen LogP contribution in [0.15, 0.2) is 50.6 Å². The van der Waals surface area contributed by atoms with Crippen molar-refractivity contribution in [3.8, 4) is 17.3 Å².